The van der Waals surface area contributed by atoms with E-state index in [0.717, 1.165) is 18.5 Å². The van der Waals surface area contributed by atoms with Crippen LogP contribution in [-0.2, 0) is 6.54 Å². The summed E-state index contributed by atoms with van der Waals surface area (Å²) in [6, 6.07) is 16.5. The van der Waals surface area contributed by atoms with Crippen molar-refractivity contribution in [3.63, 3.8) is 0 Å². The molecule has 2 aromatic rings. The molecule has 2 aromatic carbocycles. The van der Waals surface area contributed by atoms with Gasteiger partial charge in [-0.05, 0) is 54.5 Å². The Bertz CT molecular complexity index is 611. The van der Waals surface area contributed by atoms with E-state index in [0.29, 0.717) is 0 Å². The van der Waals surface area contributed by atoms with Crippen molar-refractivity contribution in [3.05, 3.63) is 48.0 Å². The van der Waals surface area contributed by atoms with Crippen molar-refractivity contribution in [2.75, 3.05) is 6.54 Å². The van der Waals surface area contributed by atoms with E-state index in [1.807, 2.05) is 0 Å². The van der Waals surface area contributed by atoms with E-state index < -0.39 is 0 Å². The lowest BCUT2D eigenvalue weighted by atomic mass is 9.78. The molecule has 1 heteroatoms. The first-order valence-electron chi connectivity index (χ1n) is 8.62. The summed E-state index contributed by atoms with van der Waals surface area (Å²) < 4.78 is 0. The predicted molar refractivity (Wildman–Crippen MR) is 89.3 cm³/mol. The molecule has 0 amide bonds. The van der Waals surface area contributed by atoms with Crippen LogP contribution in [0.25, 0.3) is 10.8 Å². The van der Waals surface area contributed by atoms with Crippen molar-refractivity contribution in [2.24, 2.45) is 5.92 Å². The van der Waals surface area contributed by atoms with E-state index in [2.05, 4.69) is 47.4 Å². The maximum absolute atomic E-state index is 2.79. The first-order valence-corrected chi connectivity index (χ1v) is 8.62. The molecule has 0 spiro atoms. The standard InChI is InChI=1S/C20H25N/c1-3-12-19-16(7-1)9-5-10-18(19)15-21-14-6-11-17-8-2-4-13-20(17)21/h1,3,5,7,9-10,12,17,20H,2,4,6,8,11,13-15H2/t17-,20+/m1/s1. The summed E-state index contributed by atoms with van der Waals surface area (Å²) in [5.74, 6) is 0.975. The minimum Gasteiger partial charge on any atom is -0.296 e. The molecule has 0 bridgehead atoms. The van der Waals surface area contributed by atoms with Crippen LogP contribution < -0.4 is 0 Å². The smallest absolute Gasteiger partial charge is 0.0242 e. The molecular formula is C20H25N. The topological polar surface area (TPSA) is 3.24 Å². The largest absolute Gasteiger partial charge is 0.296 e. The van der Waals surface area contributed by atoms with E-state index in [9.17, 15) is 0 Å². The minimum absolute atomic E-state index is 0.853. The Kier molecular flexibility index (Phi) is 3.69. The molecule has 0 unspecified atom stereocenters. The molecule has 1 saturated heterocycles. The van der Waals surface area contributed by atoms with Crippen LogP contribution in [-0.4, -0.2) is 17.5 Å². The fraction of sp³-hybridized carbons (Fsp3) is 0.500. The summed E-state index contributed by atoms with van der Waals surface area (Å²) in [6.07, 6.45) is 8.66. The number of rotatable bonds is 2. The van der Waals surface area contributed by atoms with Gasteiger partial charge in [-0.1, -0.05) is 55.3 Å². The SMILES string of the molecule is c1ccc2c(CN3CCC[C@H]4CCCC[C@@H]43)cccc2c1. The molecule has 0 N–H and O–H groups in total. The Hall–Kier alpha value is -1.34. The van der Waals surface area contributed by atoms with Crippen molar-refractivity contribution < 1.29 is 0 Å². The highest BCUT2D eigenvalue weighted by Crippen LogP contribution is 2.36. The molecule has 1 heterocycles. The van der Waals surface area contributed by atoms with Gasteiger partial charge in [0.25, 0.3) is 0 Å². The number of hydrogen-bond acceptors (Lipinski definition) is 1. The van der Waals surface area contributed by atoms with E-state index >= 15 is 0 Å². The van der Waals surface area contributed by atoms with Crippen LogP contribution in [0.1, 0.15) is 44.1 Å². The number of fused-ring (bicyclic) bond motifs is 2. The third-order valence-electron chi connectivity index (χ3n) is 5.61. The first kappa shape index (κ1) is 13.3. The Labute approximate surface area is 128 Å². The average Bonchev–Trinajstić information content (AvgIpc) is 2.56. The Balaban J connectivity index is 1.61. The van der Waals surface area contributed by atoms with E-state index in [1.165, 1.54) is 61.4 Å². The van der Waals surface area contributed by atoms with Gasteiger partial charge in [0.05, 0.1) is 0 Å². The second-order valence-electron chi connectivity index (χ2n) is 6.86. The van der Waals surface area contributed by atoms with Crippen molar-refractivity contribution in [2.45, 2.75) is 51.1 Å². The van der Waals surface area contributed by atoms with Gasteiger partial charge in [-0.3, -0.25) is 4.90 Å². The van der Waals surface area contributed by atoms with Gasteiger partial charge in [0.1, 0.15) is 0 Å². The van der Waals surface area contributed by atoms with E-state index in [1.54, 1.807) is 0 Å². The van der Waals surface area contributed by atoms with Crippen LogP contribution in [0, 0.1) is 5.92 Å². The highest BCUT2D eigenvalue weighted by molar-refractivity contribution is 5.85. The van der Waals surface area contributed by atoms with Crippen LogP contribution >= 0.6 is 0 Å². The fourth-order valence-corrected chi connectivity index (χ4v) is 4.57. The van der Waals surface area contributed by atoms with Gasteiger partial charge in [-0.15, -0.1) is 0 Å². The lowest BCUT2D eigenvalue weighted by molar-refractivity contribution is 0.0550. The number of benzene rings is 2. The zero-order valence-electron chi connectivity index (χ0n) is 12.8. The fourth-order valence-electron chi connectivity index (χ4n) is 4.57. The Morgan fingerprint density at radius 3 is 2.67 bits per heavy atom. The number of likely N-dealkylation sites (tertiary alicyclic amines) is 1. The molecule has 0 radical (unpaired) electrons. The molecule has 2 fully saturated rings. The second kappa shape index (κ2) is 5.81. The van der Waals surface area contributed by atoms with Crippen LogP contribution in [0.15, 0.2) is 42.5 Å². The maximum Gasteiger partial charge on any atom is 0.0242 e. The van der Waals surface area contributed by atoms with Gasteiger partial charge >= 0.3 is 0 Å². The molecule has 1 aliphatic carbocycles. The number of hydrogen-bond donors (Lipinski definition) is 0. The third-order valence-corrected chi connectivity index (χ3v) is 5.61. The monoisotopic (exact) mass is 279 g/mol. The highest BCUT2D eigenvalue weighted by atomic mass is 15.2. The summed E-state index contributed by atoms with van der Waals surface area (Å²) in [7, 11) is 0. The molecule has 2 atom stereocenters. The first-order chi connectivity index (χ1) is 10.4. The zero-order valence-corrected chi connectivity index (χ0v) is 12.8. The van der Waals surface area contributed by atoms with Gasteiger partial charge in [-0.2, -0.15) is 0 Å². The number of piperidine rings is 1. The normalized spacial score (nSPS) is 26.7. The predicted octanol–water partition coefficient (Wildman–Crippen LogP) is 4.99. The van der Waals surface area contributed by atoms with Gasteiger partial charge in [-0.25, -0.2) is 0 Å². The van der Waals surface area contributed by atoms with Gasteiger partial charge in [0, 0.05) is 12.6 Å². The lowest BCUT2D eigenvalue weighted by Crippen LogP contribution is -2.46. The van der Waals surface area contributed by atoms with Crippen LogP contribution in [0.3, 0.4) is 0 Å². The van der Waals surface area contributed by atoms with E-state index in [-0.39, 0.29) is 0 Å². The van der Waals surface area contributed by atoms with Gasteiger partial charge in [0.15, 0.2) is 0 Å². The van der Waals surface area contributed by atoms with Gasteiger partial charge in [0.2, 0.25) is 0 Å². The van der Waals surface area contributed by atoms with Crippen molar-refractivity contribution in [3.8, 4) is 0 Å². The van der Waals surface area contributed by atoms with Crippen LogP contribution in [0.2, 0.25) is 0 Å². The molecule has 1 aliphatic heterocycles. The van der Waals surface area contributed by atoms with Crippen molar-refractivity contribution in [1.82, 2.24) is 4.90 Å². The van der Waals surface area contributed by atoms with E-state index in [4.69, 9.17) is 0 Å². The Morgan fingerprint density at radius 1 is 0.857 bits per heavy atom. The average molecular weight is 279 g/mol. The summed E-state index contributed by atoms with van der Waals surface area (Å²) in [5, 5.41) is 2.82. The van der Waals surface area contributed by atoms with Crippen LogP contribution in [0.4, 0.5) is 0 Å². The van der Waals surface area contributed by atoms with Crippen molar-refractivity contribution >= 4 is 10.8 Å². The Morgan fingerprint density at radius 2 is 1.67 bits per heavy atom. The quantitative estimate of drug-likeness (QED) is 0.748. The summed E-state index contributed by atoms with van der Waals surface area (Å²) in [5.41, 5.74) is 1.51. The summed E-state index contributed by atoms with van der Waals surface area (Å²) in [6.45, 7) is 2.44. The highest BCUT2D eigenvalue weighted by Gasteiger charge is 2.33. The minimum atomic E-state index is 0.853. The molecule has 0 aromatic heterocycles. The van der Waals surface area contributed by atoms with Crippen LogP contribution in [0.5, 0.6) is 0 Å². The molecule has 2 aliphatic rings. The second-order valence-corrected chi connectivity index (χ2v) is 6.86. The maximum atomic E-state index is 2.79. The third kappa shape index (κ3) is 2.60. The summed E-state index contributed by atoms with van der Waals surface area (Å²) >= 11 is 0. The van der Waals surface area contributed by atoms with Crippen molar-refractivity contribution in [1.29, 1.82) is 0 Å². The molecule has 1 nitrogen and oxygen atoms in total. The molecule has 21 heavy (non-hydrogen) atoms. The zero-order chi connectivity index (χ0) is 14.1. The van der Waals surface area contributed by atoms with Gasteiger partial charge < -0.3 is 0 Å². The lowest BCUT2D eigenvalue weighted by Gasteiger charge is -2.44. The molecular weight excluding hydrogens is 254 g/mol. The summed E-state index contributed by atoms with van der Waals surface area (Å²) in [4.78, 5) is 2.79. The molecule has 4 rings (SSSR count). The number of nitrogens with zero attached hydrogens (tertiary/aromatic N) is 1. The molecule has 110 valence electrons. The molecule has 1 saturated carbocycles.